The summed E-state index contributed by atoms with van der Waals surface area (Å²) in [7, 11) is 0. The number of nitrogen functional groups attached to an aromatic ring is 1. The minimum atomic E-state index is 0.502. The number of aromatic nitrogens is 1. The van der Waals surface area contributed by atoms with Crippen molar-refractivity contribution < 1.29 is 0 Å². The van der Waals surface area contributed by atoms with Crippen molar-refractivity contribution in [3.05, 3.63) is 23.9 Å². The summed E-state index contributed by atoms with van der Waals surface area (Å²) in [5, 5.41) is 4.46. The summed E-state index contributed by atoms with van der Waals surface area (Å²) in [6.45, 7) is 3.18. The van der Waals surface area contributed by atoms with Crippen LogP contribution in [0.15, 0.2) is 18.3 Å². The Bertz CT molecular complexity index is 377. The lowest BCUT2D eigenvalue weighted by Crippen LogP contribution is -2.34. The second kappa shape index (κ2) is 7.75. The van der Waals surface area contributed by atoms with E-state index in [0.717, 1.165) is 18.2 Å². The van der Waals surface area contributed by atoms with Gasteiger partial charge in [-0.15, -0.1) is 0 Å². The SMILES string of the molecule is CCNC(CSC1CCCC1)Cc1cccnc1N. The summed E-state index contributed by atoms with van der Waals surface area (Å²) in [6.07, 6.45) is 8.37. The third-order valence-corrected chi connectivity index (χ3v) is 5.26. The number of nitrogens with zero attached hydrogens (tertiary/aromatic N) is 1. The first-order valence-corrected chi connectivity index (χ1v) is 8.38. The van der Waals surface area contributed by atoms with Gasteiger partial charge in [0, 0.05) is 23.2 Å². The molecule has 0 aliphatic heterocycles. The molecule has 4 heteroatoms. The molecule has 1 aromatic heterocycles. The zero-order valence-electron chi connectivity index (χ0n) is 11.8. The summed E-state index contributed by atoms with van der Waals surface area (Å²) in [5.41, 5.74) is 7.10. The van der Waals surface area contributed by atoms with E-state index in [4.69, 9.17) is 5.73 Å². The number of hydrogen-bond acceptors (Lipinski definition) is 4. The molecule has 1 heterocycles. The van der Waals surface area contributed by atoms with Crippen molar-refractivity contribution in [2.24, 2.45) is 0 Å². The predicted molar refractivity (Wildman–Crippen MR) is 84.5 cm³/mol. The maximum atomic E-state index is 5.94. The molecule has 0 spiro atoms. The van der Waals surface area contributed by atoms with Crippen LogP contribution in [0.5, 0.6) is 0 Å². The van der Waals surface area contributed by atoms with Crippen LogP contribution >= 0.6 is 11.8 Å². The molecule has 1 unspecified atom stereocenters. The van der Waals surface area contributed by atoms with E-state index in [1.165, 1.54) is 37.0 Å². The lowest BCUT2D eigenvalue weighted by atomic mass is 10.1. The third-order valence-electron chi connectivity index (χ3n) is 3.72. The van der Waals surface area contributed by atoms with Crippen LogP contribution in [0.3, 0.4) is 0 Å². The third kappa shape index (κ3) is 4.69. The number of pyridine rings is 1. The highest BCUT2D eigenvalue weighted by molar-refractivity contribution is 7.99. The van der Waals surface area contributed by atoms with E-state index < -0.39 is 0 Å². The van der Waals surface area contributed by atoms with Crippen LogP contribution in [-0.2, 0) is 6.42 Å². The van der Waals surface area contributed by atoms with Gasteiger partial charge >= 0.3 is 0 Å². The van der Waals surface area contributed by atoms with Crippen LogP contribution in [0.1, 0.15) is 38.2 Å². The Hall–Kier alpha value is -0.740. The van der Waals surface area contributed by atoms with Crippen LogP contribution in [0, 0.1) is 0 Å². The Kier molecular flexibility index (Phi) is 5.98. The first-order chi connectivity index (χ1) is 9.29. The number of thioether (sulfide) groups is 1. The van der Waals surface area contributed by atoms with Gasteiger partial charge in [0.05, 0.1) is 0 Å². The fraction of sp³-hybridized carbons (Fsp3) is 0.667. The zero-order chi connectivity index (χ0) is 13.5. The number of nitrogens with one attached hydrogen (secondary N) is 1. The maximum absolute atomic E-state index is 5.94. The quantitative estimate of drug-likeness (QED) is 0.806. The Morgan fingerprint density at radius 2 is 2.26 bits per heavy atom. The van der Waals surface area contributed by atoms with Crippen molar-refractivity contribution >= 4 is 17.6 Å². The average Bonchev–Trinajstić information content (AvgIpc) is 2.92. The molecule has 1 atom stereocenters. The van der Waals surface area contributed by atoms with Gasteiger partial charge in [0.15, 0.2) is 0 Å². The molecular weight excluding hydrogens is 254 g/mol. The van der Waals surface area contributed by atoms with Crippen LogP contribution in [-0.4, -0.2) is 28.6 Å². The molecule has 1 aliphatic rings. The average molecular weight is 279 g/mol. The fourth-order valence-electron chi connectivity index (χ4n) is 2.67. The van der Waals surface area contributed by atoms with E-state index in [1.807, 2.05) is 6.07 Å². The minimum absolute atomic E-state index is 0.502. The van der Waals surface area contributed by atoms with Gasteiger partial charge in [0.1, 0.15) is 5.82 Å². The van der Waals surface area contributed by atoms with Crippen LogP contribution in [0.25, 0.3) is 0 Å². The van der Waals surface area contributed by atoms with Gasteiger partial charge in [-0.1, -0.05) is 25.8 Å². The molecule has 1 aliphatic carbocycles. The standard InChI is InChI=1S/C15H25N3S/c1-2-17-13(11-19-14-7-3-4-8-14)10-12-6-5-9-18-15(12)16/h5-6,9,13-14,17H,2-4,7-8,10-11H2,1H3,(H2,16,18). The van der Waals surface area contributed by atoms with E-state index >= 15 is 0 Å². The van der Waals surface area contributed by atoms with E-state index in [0.29, 0.717) is 11.9 Å². The second-order valence-electron chi connectivity index (χ2n) is 5.25. The largest absolute Gasteiger partial charge is 0.383 e. The molecule has 1 fully saturated rings. The lowest BCUT2D eigenvalue weighted by Gasteiger charge is -2.20. The number of hydrogen-bond donors (Lipinski definition) is 2. The maximum Gasteiger partial charge on any atom is 0.126 e. The van der Waals surface area contributed by atoms with E-state index in [9.17, 15) is 0 Å². The molecule has 3 N–H and O–H groups in total. The molecule has 0 aromatic carbocycles. The second-order valence-corrected chi connectivity index (χ2v) is 6.58. The van der Waals surface area contributed by atoms with Crippen molar-refractivity contribution in [3.8, 4) is 0 Å². The number of likely N-dealkylation sites (N-methyl/N-ethyl adjacent to an activating group) is 1. The highest BCUT2D eigenvalue weighted by Gasteiger charge is 2.18. The van der Waals surface area contributed by atoms with Gasteiger partial charge in [-0.25, -0.2) is 4.98 Å². The Balaban J connectivity index is 1.86. The van der Waals surface area contributed by atoms with Gasteiger partial charge in [-0.3, -0.25) is 0 Å². The van der Waals surface area contributed by atoms with E-state index in [2.05, 4.69) is 35.1 Å². The van der Waals surface area contributed by atoms with Crippen molar-refractivity contribution in [2.45, 2.75) is 50.3 Å². The van der Waals surface area contributed by atoms with Gasteiger partial charge in [0.2, 0.25) is 0 Å². The minimum Gasteiger partial charge on any atom is -0.383 e. The topological polar surface area (TPSA) is 50.9 Å². The fourth-order valence-corrected chi connectivity index (χ4v) is 4.08. The Morgan fingerprint density at radius 1 is 1.47 bits per heavy atom. The highest BCUT2D eigenvalue weighted by Crippen LogP contribution is 2.30. The molecule has 2 rings (SSSR count). The van der Waals surface area contributed by atoms with Crippen molar-refractivity contribution in [1.29, 1.82) is 0 Å². The first kappa shape index (κ1) is 14.7. The summed E-state index contributed by atoms with van der Waals surface area (Å²) in [4.78, 5) is 4.17. The molecule has 1 saturated carbocycles. The normalized spacial score (nSPS) is 17.7. The van der Waals surface area contributed by atoms with E-state index in [-0.39, 0.29) is 0 Å². The number of rotatable bonds is 7. The molecule has 3 nitrogen and oxygen atoms in total. The van der Waals surface area contributed by atoms with Crippen molar-refractivity contribution in [3.63, 3.8) is 0 Å². The molecule has 1 aromatic rings. The van der Waals surface area contributed by atoms with Crippen LogP contribution in [0.4, 0.5) is 5.82 Å². The van der Waals surface area contributed by atoms with Gasteiger partial charge in [-0.05, 0) is 37.4 Å². The van der Waals surface area contributed by atoms with Crippen molar-refractivity contribution in [1.82, 2.24) is 10.3 Å². The molecule has 106 valence electrons. The van der Waals surface area contributed by atoms with E-state index in [1.54, 1.807) is 6.20 Å². The monoisotopic (exact) mass is 279 g/mol. The molecule has 0 saturated heterocycles. The number of anilines is 1. The van der Waals surface area contributed by atoms with Gasteiger partial charge < -0.3 is 11.1 Å². The molecule has 19 heavy (non-hydrogen) atoms. The molecule has 0 bridgehead atoms. The van der Waals surface area contributed by atoms with Gasteiger partial charge in [0.25, 0.3) is 0 Å². The highest BCUT2D eigenvalue weighted by atomic mass is 32.2. The van der Waals surface area contributed by atoms with Crippen LogP contribution in [0.2, 0.25) is 0 Å². The predicted octanol–water partition coefficient (Wildman–Crippen LogP) is 2.86. The van der Waals surface area contributed by atoms with Crippen molar-refractivity contribution in [2.75, 3.05) is 18.0 Å². The Morgan fingerprint density at radius 3 is 2.95 bits per heavy atom. The lowest BCUT2D eigenvalue weighted by molar-refractivity contribution is 0.572. The molecule has 0 amide bonds. The summed E-state index contributed by atoms with van der Waals surface area (Å²) in [5.74, 6) is 1.85. The smallest absolute Gasteiger partial charge is 0.126 e. The first-order valence-electron chi connectivity index (χ1n) is 7.34. The zero-order valence-corrected chi connectivity index (χ0v) is 12.6. The number of nitrogens with two attached hydrogens (primary N) is 1. The molecular formula is C15H25N3S. The summed E-state index contributed by atoms with van der Waals surface area (Å²) in [6, 6.07) is 4.56. The summed E-state index contributed by atoms with van der Waals surface area (Å²) < 4.78 is 0. The molecule has 0 radical (unpaired) electrons. The Labute approximate surface area is 120 Å². The van der Waals surface area contributed by atoms with Crippen LogP contribution < -0.4 is 11.1 Å². The summed E-state index contributed by atoms with van der Waals surface area (Å²) >= 11 is 2.13. The van der Waals surface area contributed by atoms with Gasteiger partial charge in [-0.2, -0.15) is 11.8 Å².